The van der Waals surface area contributed by atoms with Gasteiger partial charge in [0.25, 0.3) is 11.1 Å². The molecule has 1 aliphatic rings. The van der Waals surface area contributed by atoms with Crippen molar-refractivity contribution in [2.75, 3.05) is 13.2 Å². The summed E-state index contributed by atoms with van der Waals surface area (Å²) in [7, 11) is 0. The Morgan fingerprint density at radius 3 is 2.37 bits per heavy atom. The third-order valence-corrected chi connectivity index (χ3v) is 7.30. The van der Waals surface area contributed by atoms with Gasteiger partial charge in [0.15, 0.2) is 0 Å². The average molecular weight is 642 g/mol. The number of rotatable bonds is 8. The van der Waals surface area contributed by atoms with Crippen LogP contribution in [0.2, 0.25) is 5.02 Å². The van der Waals surface area contributed by atoms with E-state index in [2.05, 4.69) is 31.9 Å². The molecule has 1 aliphatic heterocycles. The molecule has 3 aromatic rings. The summed E-state index contributed by atoms with van der Waals surface area (Å²) >= 11 is 13.9. The smallest absolute Gasteiger partial charge is 0.293 e. The van der Waals surface area contributed by atoms with Crippen molar-refractivity contribution in [3.63, 3.8) is 0 Å². The molecule has 0 N–H and O–H groups in total. The summed E-state index contributed by atoms with van der Waals surface area (Å²) < 4.78 is 25.9. The fraction of sp³-hybridized carbons (Fsp3) is 0.120. The first-order chi connectivity index (χ1) is 16.8. The van der Waals surface area contributed by atoms with Crippen molar-refractivity contribution in [1.82, 2.24) is 4.90 Å². The molecule has 0 aromatic heterocycles. The van der Waals surface area contributed by atoms with Crippen molar-refractivity contribution in [2.24, 2.45) is 0 Å². The molecule has 4 rings (SSSR count). The molecule has 1 saturated heterocycles. The first-order valence-corrected chi connectivity index (χ1v) is 13.1. The lowest BCUT2D eigenvalue weighted by atomic mass is 10.2. The lowest BCUT2D eigenvalue weighted by Gasteiger charge is -2.14. The van der Waals surface area contributed by atoms with E-state index in [9.17, 15) is 14.0 Å². The van der Waals surface area contributed by atoms with Crippen LogP contribution >= 0.6 is 55.2 Å². The maximum Gasteiger partial charge on any atom is 0.293 e. The number of imide groups is 1. The van der Waals surface area contributed by atoms with E-state index in [0.29, 0.717) is 35.9 Å². The van der Waals surface area contributed by atoms with Crippen LogP contribution in [-0.2, 0) is 11.4 Å². The van der Waals surface area contributed by atoms with Crippen molar-refractivity contribution in [3.8, 4) is 11.5 Å². The topological polar surface area (TPSA) is 55.8 Å². The minimum absolute atomic E-state index is 0.108. The highest BCUT2D eigenvalue weighted by atomic mass is 79.9. The normalized spacial score (nSPS) is 14.6. The second kappa shape index (κ2) is 11.6. The lowest BCUT2D eigenvalue weighted by Crippen LogP contribution is -2.32. The molecule has 0 saturated carbocycles. The zero-order valence-corrected chi connectivity index (χ0v) is 22.7. The molecule has 0 atom stereocenters. The van der Waals surface area contributed by atoms with E-state index in [4.69, 9.17) is 21.1 Å². The van der Waals surface area contributed by atoms with E-state index in [1.165, 1.54) is 12.1 Å². The van der Waals surface area contributed by atoms with Gasteiger partial charge < -0.3 is 9.47 Å². The summed E-state index contributed by atoms with van der Waals surface area (Å²) in [5.74, 6) is 0.369. The fourth-order valence-corrected chi connectivity index (χ4v) is 5.70. The number of hydrogen-bond acceptors (Lipinski definition) is 5. The quantitative estimate of drug-likeness (QED) is 0.236. The number of ether oxygens (including phenoxy) is 2. The first-order valence-electron chi connectivity index (χ1n) is 10.3. The second-order valence-electron chi connectivity index (χ2n) is 7.34. The number of halogens is 4. The molecule has 0 unspecified atom stereocenters. The maximum atomic E-state index is 13.1. The zero-order chi connectivity index (χ0) is 24.9. The van der Waals surface area contributed by atoms with Crippen molar-refractivity contribution < 1.29 is 23.5 Å². The predicted molar refractivity (Wildman–Crippen MR) is 142 cm³/mol. The highest BCUT2D eigenvalue weighted by Crippen LogP contribution is 2.38. The van der Waals surface area contributed by atoms with Gasteiger partial charge in [-0.2, -0.15) is 0 Å². The van der Waals surface area contributed by atoms with Gasteiger partial charge in [0.1, 0.15) is 30.5 Å². The fourth-order valence-electron chi connectivity index (χ4n) is 3.19. The summed E-state index contributed by atoms with van der Waals surface area (Å²) in [4.78, 5) is 26.7. The van der Waals surface area contributed by atoms with E-state index < -0.39 is 0 Å². The summed E-state index contributed by atoms with van der Waals surface area (Å²) in [5.41, 5.74) is 1.53. The third kappa shape index (κ3) is 6.46. The van der Waals surface area contributed by atoms with Gasteiger partial charge in [-0.25, -0.2) is 4.39 Å². The number of carbonyl (C=O) groups excluding carboxylic acids is 2. The first kappa shape index (κ1) is 25.8. The minimum atomic E-state index is -0.383. The molecule has 0 radical (unpaired) electrons. The number of thioether (sulfide) groups is 1. The van der Waals surface area contributed by atoms with Crippen molar-refractivity contribution in [2.45, 2.75) is 6.61 Å². The van der Waals surface area contributed by atoms with Gasteiger partial charge in [-0.3, -0.25) is 14.5 Å². The third-order valence-electron chi connectivity index (χ3n) is 4.90. The maximum absolute atomic E-state index is 13.1. The largest absolute Gasteiger partial charge is 0.490 e. The van der Waals surface area contributed by atoms with Gasteiger partial charge in [0.2, 0.25) is 0 Å². The van der Waals surface area contributed by atoms with Gasteiger partial charge in [-0.15, -0.1) is 0 Å². The molecular weight excluding hydrogens is 625 g/mol. The molecule has 0 spiro atoms. The molecule has 0 bridgehead atoms. The number of benzene rings is 3. The van der Waals surface area contributed by atoms with E-state index in [1.54, 1.807) is 54.6 Å². The van der Waals surface area contributed by atoms with Gasteiger partial charge in [-0.1, -0.05) is 35.9 Å². The van der Waals surface area contributed by atoms with Crippen LogP contribution in [0.3, 0.4) is 0 Å². The molecule has 35 heavy (non-hydrogen) atoms. The summed E-state index contributed by atoms with van der Waals surface area (Å²) in [6.45, 7) is 0.495. The second-order valence-corrected chi connectivity index (χ2v) is 10.5. The number of hydrogen-bond donors (Lipinski definition) is 0. The van der Waals surface area contributed by atoms with E-state index in [1.807, 2.05) is 0 Å². The van der Waals surface area contributed by atoms with Gasteiger partial charge in [0, 0.05) is 0 Å². The van der Waals surface area contributed by atoms with Crippen LogP contribution in [0, 0.1) is 5.82 Å². The van der Waals surface area contributed by atoms with Crippen molar-refractivity contribution in [3.05, 3.63) is 96.5 Å². The molecule has 3 aromatic carbocycles. The van der Waals surface area contributed by atoms with E-state index in [-0.39, 0.29) is 36.7 Å². The Kier molecular flexibility index (Phi) is 8.54. The Bertz CT molecular complexity index is 1280. The Morgan fingerprint density at radius 2 is 1.69 bits per heavy atom. The molecule has 180 valence electrons. The average Bonchev–Trinajstić information content (AvgIpc) is 3.08. The summed E-state index contributed by atoms with van der Waals surface area (Å²) in [6, 6.07) is 16.6. The molecule has 5 nitrogen and oxygen atoms in total. The molecule has 1 heterocycles. The van der Waals surface area contributed by atoms with Gasteiger partial charge in [-0.05, 0) is 97.2 Å². The number of amides is 2. The van der Waals surface area contributed by atoms with Crippen molar-refractivity contribution >= 4 is 72.4 Å². The predicted octanol–water partition coefficient (Wildman–Crippen LogP) is 7.70. The minimum Gasteiger partial charge on any atom is -0.490 e. The Balaban J connectivity index is 1.41. The molecule has 0 aliphatic carbocycles. The van der Waals surface area contributed by atoms with Crippen LogP contribution in [0.15, 0.2) is 74.5 Å². The summed E-state index contributed by atoms with van der Waals surface area (Å²) in [5, 5.41) is 0.101. The standard InChI is InChI=1S/C25H17Br2ClFNO4S/c26-18-11-16(12-19(27)23(18)34-14-15-5-7-17(29)8-6-15)13-22-24(31)30(25(32)35-22)9-10-33-21-4-2-1-3-20(21)28/h1-8,11-13H,9-10,14H2/b22-13-. The van der Waals surface area contributed by atoms with Gasteiger partial charge >= 0.3 is 0 Å². The van der Waals surface area contributed by atoms with E-state index in [0.717, 1.165) is 22.2 Å². The summed E-state index contributed by atoms with van der Waals surface area (Å²) in [6.07, 6.45) is 1.65. The molecule has 2 amide bonds. The highest BCUT2D eigenvalue weighted by molar-refractivity contribution is 9.11. The van der Waals surface area contributed by atoms with E-state index >= 15 is 0 Å². The number of nitrogens with zero attached hydrogens (tertiary/aromatic N) is 1. The monoisotopic (exact) mass is 639 g/mol. The number of carbonyl (C=O) groups is 2. The highest BCUT2D eigenvalue weighted by Gasteiger charge is 2.34. The van der Waals surface area contributed by atoms with Crippen LogP contribution < -0.4 is 9.47 Å². The van der Waals surface area contributed by atoms with Crippen LogP contribution in [0.1, 0.15) is 11.1 Å². The van der Waals surface area contributed by atoms with Gasteiger partial charge in [0.05, 0.1) is 25.4 Å². The van der Waals surface area contributed by atoms with Crippen LogP contribution in [0.25, 0.3) is 6.08 Å². The molecule has 1 fully saturated rings. The molecular formula is C25H17Br2ClFNO4S. The Morgan fingerprint density at radius 1 is 1.00 bits per heavy atom. The Hall–Kier alpha value is -2.33. The van der Waals surface area contributed by atoms with Crippen LogP contribution in [0.5, 0.6) is 11.5 Å². The van der Waals surface area contributed by atoms with Crippen LogP contribution in [0.4, 0.5) is 9.18 Å². The SMILES string of the molecule is O=C1S/C(=C\c2cc(Br)c(OCc3ccc(F)cc3)c(Br)c2)C(=O)N1CCOc1ccccc1Cl. The Labute approximate surface area is 227 Å². The molecule has 10 heteroatoms. The lowest BCUT2D eigenvalue weighted by molar-refractivity contribution is -0.123. The zero-order valence-electron chi connectivity index (χ0n) is 18.0. The number of para-hydroxylation sites is 1. The van der Waals surface area contributed by atoms with Crippen molar-refractivity contribution in [1.29, 1.82) is 0 Å². The van der Waals surface area contributed by atoms with Crippen LogP contribution in [-0.4, -0.2) is 29.2 Å².